The summed E-state index contributed by atoms with van der Waals surface area (Å²) in [5.41, 5.74) is 9.39. The maximum Gasteiger partial charge on any atom is 0.00793 e. The third-order valence-corrected chi connectivity index (χ3v) is 3.68. The van der Waals surface area contributed by atoms with Crippen LogP contribution < -0.4 is 5.73 Å². The van der Waals surface area contributed by atoms with Gasteiger partial charge in [-0.1, -0.05) is 77.6 Å². The molecule has 0 aliphatic rings. The topological polar surface area (TPSA) is 26.0 Å². The van der Waals surface area contributed by atoms with E-state index in [1.54, 1.807) is 0 Å². The molecule has 1 aromatic carbocycles. The van der Waals surface area contributed by atoms with Crippen LogP contribution >= 0.6 is 0 Å². The molecule has 2 N–H and O–H groups in total. The van der Waals surface area contributed by atoms with Crippen LogP contribution in [-0.4, -0.2) is 6.04 Å². The number of rotatable bonds is 8. The Hall–Kier alpha value is -0.820. The molecule has 0 aliphatic carbocycles. The van der Waals surface area contributed by atoms with Gasteiger partial charge in [0.05, 0.1) is 0 Å². The van der Waals surface area contributed by atoms with Crippen molar-refractivity contribution in [1.82, 2.24) is 0 Å². The van der Waals surface area contributed by atoms with Crippen LogP contribution in [0.15, 0.2) is 24.3 Å². The number of nitrogens with two attached hydrogens (primary N) is 1. The largest absolute Gasteiger partial charge is 0.327 e. The summed E-state index contributed by atoms with van der Waals surface area (Å²) in [6.07, 6.45) is 8.55. The van der Waals surface area contributed by atoms with E-state index in [0.29, 0.717) is 11.5 Å². The summed E-state index contributed by atoms with van der Waals surface area (Å²) in [7, 11) is 0. The van der Waals surface area contributed by atoms with Gasteiger partial charge in [-0.25, -0.2) is 0 Å². The summed E-state index contributed by atoms with van der Waals surface area (Å²) in [4.78, 5) is 0. The molecule has 0 heterocycles. The Bertz CT molecular complexity index is 358. The minimum atomic E-state index is 0.320. The maximum absolute atomic E-state index is 6.23. The number of unbranched alkanes of at least 4 members (excludes halogenated alkanes) is 3. The van der Waals surface area contributed by atoms with Crippen LogP contribution in [0.4, 0.5) is 0 Å². The number of hydrogen-bond acceptors (Lipinski definition) is 1. The third-order valence-electron chi connectivity index (χ3n) is 3.68. The van der Waals surface area contributed by atoms with Crippen LogP contribution in [-0.2, 0) is 12.8 Å². The molecule has 1 aromatic rings. The normalized spacial score (nSPS) is 13.4. The van der Waals surface area contributed by atoms with E-state index in [9.17, 15) is 0 Å². The van der Waals surface area contributed by atoms with Crippen molar-refractivity contribution in [3.05, 3.63) is 35.4 Å². The Morgan fingerprint density at radius 3 is 2.10 bits per heavy atom. The molecule has 1 rings (SSSR count). The highest BCUT2D eigenvalue weighted by molar-refractivity contribution is 5.24. The Balaban J connectivity index is 2.37. The van der Waals surface area contributed by atoms with E-state index in [2.05, 4.69) is 52.0 Å². The Morgan fingerprint density at radius 1 is 0.950 bits per heavy atom. The van der Waals surface area contributed by atoms with E-state index in [1.807, 2.05) is 0 Å². The van der Waals surface area contributed by atoms with Crippen molar-refractivity contribution in [2.75, 3.05) is 0 Å². The second kappa shape index (κ2) is 8.46. The Morgan fingerprint density at radius 2 is 1.55 bits per heavy atom. The summed E-state index contributed by atoms with van der Waals surface area (Å²) >= 11 is 0. The SMILES string of the molecule is CCCCCCC(N)Cc1ccc(CC(C)(C)C)cc1. The minimum Gasteiger partial charge on any atom is -0.327 e. The van der Waals surface area contributed by atoms with Crippen molar-refractivity contribution >= 4 is 0 Å². The van der Waals surface area contributed by atoms with Crippen molar-refractivity contribution in [2.24, 2.45) is 11.1 Å². The fraction of sp³-hybridized carbons (Fsp3) is 0.684. The van der Waals surface area contributed by atoms with E-state index in [1.165, 1.54) is 36.8 Å². The van der Waals surface area contributed by atoms with Gasteiger partial charge in [0.2, 0.25) is 0 Å². The van der Waals surface area contributed by atoms with E-state index in [0.717, 1.165) is 19.3 Å². The fourth-order valence-electron chi connectivity index (χ4n) is 2.64. The first-order valence-electron chi connectivity index (χ1n) is 8.24. The lowest BCUT2D eigenvalue weighted by molar-refractivity contribution is 0.411. The average Bonchev–Trinajstić information content (AvgIpc) is 2.35. The maximum atomic E-state index is 6.23. The zero-order chi connectivity index (χ0) is 15.0. The molecule has 0 fully saturated rings. The standard InChI is InChI=1S/C19H33N/c1-5-6-7-8-9-18(20)14-16-10-12-17(13-11-16)15-19(2,3)4/h10-13,18H,5-9,14-15,20H2,1-4H3. The first-order valence-corrected chi connectivity index (χ1v) is 8.24. The monoisotopic (exact) mass is 275 g/mol. The number of hydrogen-bond donors (Lipinski definition) is 1. The molecule has 0 spiro atoms. The predicted octanol–water partition coefficient (Wildman–Crippen LogP) is 5.12. The molecule has 0 bridgehead atoms. The second-order valence-electron chi connectivity index (χ2n) is 7.37. The van der Waals surface area contributed by atoms with Gasteiger partial charge in [0.1, 0.15) is 0 Å². The molecule has 0 amide bonds. The van der Waals surface area contributed by atoms with Crippen LogP contribution in [0.1, 0.15) is 70.9 Å². The van der Waals surface area contributed by atoms with Gasteiger partial charge in [0.25, 0.3) is 0 Å². The molecule has 20 heavy (non-hydrogen) atoms. The highest BCUT2D eigenvalue weighted by Crippen LogP contribution is 2.21. The van der Waals surface area contributed by atoms with E-state index >= 15 is 0 Å². The van der Waals surface area contributed by atoms with Crippen LogP contribution in [0.25, 0.3) is 0 Å². The Kier molecular flexibility index (Phi) is 7.29. The fourth-order valence-corrected chi connectivity index (χ4v) is 2.64. The molecule has 0 aliphatic heterocycles. The Labute approximate surface area is 126 Å². The van der Waals surface area contributed by atoms with Crippen molar-refractivity contribution in [1.29, 1.82) is 0 Å². The third kappa shape index (κ3) is 7.69. The van der Waals surface area contributed by atoms with Gasteiger partial charge >= 0.3 is 0 Å². The zero-order valence-electron chi connectivity index (χ0n) is 13.9. The van der Waals surface area contributed by atoms with Gasteiger partial charge in [-0.2, -0.15) is 0 Å². The van der Waals surface area contributed by atoms with E-state index in [4.69, 9.17) is 5.73 Å². The van der Waals surface area contributed by atoms with Gasteiger partial charge in [0, 0.05) is 6.04 Å². The second-order valence-corrected chi connectivity index (χ2v) is 7.37. The van der Waals surface area contributed by atoms with Crippen molar-refractivity contribution < 1.29 is 0 Å². The van der Waals surface area contributed by atoms with Gasteiger partial charge < -0.3 is 5.73 Å². The summed E-state index contributed by atoms with van der Waals surface area (Å²) in [6.45, 7) is 9.10. The van der Waals surface area contributed by atoms with Gasteiger partial charge in [-0.15, -0.1) is 0 Å². The highest BCUT2D eigenvalue weighted by Gasteiger charge is 2.11. The number of benzene rings is 1. The zero-order valence-corrected chi connectivity index (χ0v) is 13.9. The lowest BCUT2D eigenvalue weighted by Gasteiger charge is -2.18. The van der Waals surface area contributed by atoms with Crippen LogP contribution in [0.5, 0.6) is 0 Å². The quantitative estimate of drug-likeness (QED) is 0.655. The van der Waals surface area contributed by atoms with Crippen molar-refractivity contribution in [3.63, 3.8) is 0 Å². The molecule has 0 radical (unpaired) electrons. The molecular weight excluding hydrogens is 242 g/mol. The molecule has 114 valence electrons. The molecule has 0 saturated heterocycles. The first-order chi connectivity index (χ1) is 9.40. The van der Waals surface area contributed by atoms with Crippen molar-refractivity contribution in [2.45, 2.75) is 78.7 Å². The first kappa shape index (κ1) is 17.2. The van der Waals surface area contributed by atoms with Crippen LogP contribution in [0.3, 0.4) is 0 Å². The van der Waals surface area contributed by atoms with Crippen LogP contribution in [0.2, 0.25) is 0 Å². The summed E-state index contributed by atoms with van der Waals surface area (Å²) in [6, 6.07) is 9.37. The lowest BCUT2D eigenvalue weighted by Crippen LogP contribution is -2.22. The summed E-state index contributed by atoms with van der Waals surface area (Å²) in [5.74, 6) is 0. The molecule has 1 heteroatoms. The summed E-state index contributed by atoms with van der Waals surface area (Å²) < 4.78 is 0. The average molecular weight is 275 g/mol. The lowest BCUT2D eigenvalue weighted by atomic mass is 9.87. The molecular formula is C19H33N. The molecule has 1 atom stereocenters. The van der Waals surface area contributed by atoms with Gasteiger partial charge in [-0.05, 0) is 35.8 Å². The molecule has 0 saturated carbocycles. The molecule has 1 nitrogen and oxygen atoms in total. The minimum absolute atomic E-state index is 0.320. The van der Waals surface area contributed by atoms with E-state index in [-0.39, 0.29) is 0 Å². The van der Waals surface area contributed by atoms with E-state index < -0.39 is 0 Å². The van der Waals surface area contributed by atoms with Gasteiger partial charge in [-0.3, -0.25) is 0 Å². The van der Waals surface area contributed by atoms with Gasteiger partial charge in [0.15, 0.2) is 0 Å². The smallest absolute Gasteiger partial charge is 0.00793 e. The summed E-state index contributed by atoms with van der Waals surface area (Å²) in [5, 5.41) is 0. The van der Waals surface area contributed by atoms with Crippen molar-refractivity contribution in [3.8, 4) is 0 Å². The highest BCUT2D eigenvalue weighted by atomic mass is 14.6. The predicted molar refractivity (Wildman–Crippen MR) is 90.0 cm³/mol. The van der Waals surface area contributed by atoms with Crippen LogP contribution in [0, 0.1) is 5.41 Å². The molecule has 1 unspecified atom stereocenters. The molecule has 0 aromatic heterocycles.